The first kappa shape index (κ1) is 12.1. The van der Waals surface area contributed by atoms with Gasteiger partial charge in [0.05, 0.1) is 5.69 Å². The summed E-state index contributed by atoms with van der Waals surface area (Å²) in [5.74, 6) is 1.25. The van der Waals surface area contributed by atoms with Crippen molar-refractivity contribution >= 4 is 11.8 Å². The fourth-order valence-electron chi connectivity index (χ4n) is 1.97. The molecule has 0 saturated carbocycles. The Balaban J connectivity index is 2.32. The number of aromatic nitrogens is 2. The van der Waals surface area contributed by atoms with Gasteiger partial charge < -0.3 is 16.4 Å². The molecule has 5 heteroatoms. The lowest BCUT2D eigenvalue weighted by Gasteiger charge is -2.21. The summed E-state index contributed by atoms with van der Waals surface area (Å²) in [5, 5.41) is 6.62. The Morgan fingerprint density at radius 2 is 1.88 bits per heavy atom. The van der Waals surface area contributed by atoms with Crippen LogP contribution in [-0.2, 0) is 12.8 Å². The largest absolute Gasteiger partial charge is 0.383 e. The number of nitrogen functional groups attached to an aromatic ring is 1. The minimum Gasteiger partial charge on any atom is -0.383 e. The molecule has 2 rings (SSSR count). The summed E-state index contributed by atoms with van der Waals surface area (Å²) in [5.41, 5.74) is 8.14. The zero-order chi connectivity index (χ0) is 12.5. The van der Waals surface area contributed by atoms with Crippen molar-refractivity contribution in [1.29, 1.82) is 0 Å². The van der Waals surface area contributed by atoms with Crippen molar-refractivity contribution in [2.45, 2.75) is 39.2 Å². The Kier molecular flexibility index (Phi) is 3.19. The average molecular weight is 235 g/mol. The summed E-state index contributed by atoms with van der Waals surface area (Å²) < 4.78 is 0. The highest BCUT2D eigenvalue weighted by atomic mass is 15.2. The SMILES string of the molecule is CC(C)(C)Nc1nc(N)c2c(n1)CCNCC2. The van der Waals surface area contributed by atoms with Crippen LogP contribution in [0.3, 0.4) is 0 Å². The van der Waals surface area contributed by atoms with Gasteiger partial charge in [0.1, 0.15) is 5.82 Å². The van der Waals surface area contributed by atoms with E-state index in [2.05, 4.69) is 41.4 Å². The van der Waals surface area contributed by atoms with Gasteiger partial charge in [0.2, 0.25) is 5.95 Å². The second-order valence-corrected chi connectivity index (χ2v) is 5.48. The normalized spacial score (nSPS) is 16.2. The molecule has 0 amide bonds. The van der Waals surface area contributed by atoms with Crippen molar-refractivity contribution in [1.82, 2.24) is 15.3 Å². The molecule has 0 spiro atoms. The van der Waals surface area contributed by atoms with Crippen molar-refractivity contribution in [2.75, 3.05) is 24.1 Å². The number of rotatable bonds is 1. The molecule has 1 aromatic rings. The Labute approximate surface area is 102 Å². The molecule has 17 heavy (non-hydrogen) atoms. The average Bonchev–Trinajstić information content (AvgIpc) is 2.40. The third-order valence-electron chi connectivity index (χ3n) is 2.70. The van der Waals surface area contributed by atoms with E-state index in [1.54, 1.807) is 0 Å². The Bertz CT molecular complexity index is 408. The summed E-state index contributed by atoms with van der Waals surface area (Å²) in [6.45, 7) is 8.16. The van der Waals surface area contributed by atoms with Crippen LogP contribution in [0.5, 0.6) is 0 Å². The lowest BCUT2D eigenvalue weighted by molar-refractivity contribution is 0.625. The number of anilines is 2. The minimum atomic E-state index is -0.0519. The van der Waals surface area contributed by atoms with Crippen LogP contribution in [0.1, 0.15) is 32.0 Å². The third kappa shape index (κ3) is 3.06. The number of fused-ring (bicyclic) bond motifs is 1. The predicted molar refractivity (Wildman–Crippen MR) is 70.1 cm³/mol. The van der Waals surface area contributed by atoms with Crippen LogP contribution in [0, 0.1) is 0 Å². The molecule has 0 radical (unpaired) electrons. The second kappa shape index (κ2) is 4.49. The predicted octanol–water partition coefficient (Wildman–Crippen LogP) is 0.957. The fraction of sp³-hybridized carbons (Fsp3) is 0.667. The number of hydrogen-bond donors (Lipinski definition) is 3. The zero-order valence-corrected chi connectivity index (χ0v) is 10.8. The van der Waals surface area contributed by atoms with E-state index >= 15 is 0 Å². The van der Waals surface area contributed by atoms with Gasteiger partial charge in [0, 0.05) is 24.1 Å². The van der Waals surface area contributed by atoms with E-state index in [9.17, 15) is 0 Å². The number of nitrogens with two attached hydrogens (primary N) is 1. The molecule has 1 aromatic heterocycles. The molecule has 1 aliphatic heterocycles. The smallest absolute Gasteiger partial charge is 0.225 e. The van der Waals surface area contributed by atoms with Crippen LogP contribution in [0.4, 0.5) is 11.8 Å². The van der Waals surface area contributed by atoms with Crippen LogP contribution in [-0.4, -0.2) is 28.6 Å². The van der Waals surface area contributed by atoms with Crippen LogP contribution >= 0.6 is 0 Å². The maximum Gasteiger partial charge on any atom is 0.225 e. The van der Waals surface area contributed by atoms with Crippen molar-refractivity contribution in [3.8, 4) is 0 Å². The molecule has 4 N–H and O–H groups in total. The van der Waals surface area contributed by atoms with Gasteiger partial charge in [0.15, 0.2) is 0 Å². The van der Waals surface area contributed by atoms with Gasteiger partial charge in [-0.3, -0.25) is 0 Å². The van der Waals surface area contributed by atoms with Crippen molar-refractivity contribution < 1.29 is 0 Å². The van der Waals surface area contributed by atoms with Gasteiger partial charge in [-0.2, -0.15) is 4.98 Å². The van der Waals surface area contributed by atoms with Crippen LogP contribution in [0.15, 0.2) is 0 Å². The lowest BCUT2D eigenvalue weighted by atomic mass is 10.1. The molecule has 0 aliphatic carbocycles. The molecule has 0 aromatic carbocycles. The van der Waals surface area contributed by atoms with E-state index in [1.165, 1.54) is 0 Å². The number of nitrogens with zero attached hydrogens (tertiary/aromatic N) is 2. The molecule has 0 atom stereocenters. The molecule has 0 bridgehead atoms. The molecular weight excluding hydrogens is 214 g/mol. The minimum absolute atomic E-state index is 0.0519. The molecule has 2 heterocycles. The van der Waals surface area contributed by atoms with Crippen LogP contribution < -0.4 is 16.4 Å². The summed E-state index contributed by atoms with van der Waals surface area (Å²) >= 11 is 0. The molecule has 0 fully saturated rings. The molecule has 1 aliphatic rings. The van der Waals surface area contributed by atoms with Crippen LogP contribution in [0.25, 0.3) is 0 Å². The number of nitrogens with one attached hydrogen (secondary N) is 2. The standard InChI is InChI=1S/C12H21N5/c1-12(2,3)17-11-15-9-5-7-14-6-4-8(9)10(13)16-11/h14H,4-7H2,1-3H3,(H3,13,15,16,17). The Morgan fingerprint density at radius 3 is 2.59 bits per heavy atom. The summed E-state index contributed by atoms with van der Waals surface area (Å²) in [7, 11) is 0. The van der Waals surface area contributed by atoms with E-state index in [0.29, 0.717) is 11.8 Å². The van der Waals surface area contributed by atoms with Crippen molar-refractivity contribution in [3.63, 3.8) is 0 Å². The topological polar surface area (TPSA) is 75.9 Å². The lowest BCUT2D eigenvalue weighted by Crippen LogP contribution is -2.28. The van der Waals surface area contributed by atoms with Gasteiger partial charge in [-0.05, 0) is 33.7 Å². The number of hydrogen-bond acceptors (Lipinski definition) is 5. The molecule has 94 valence electrons. The highest BCUT2D eigenvalue weighted by molar-refractivity contribution is 5.48. The van der Waals surface area contributed by atoms with Crippen molar-refractivity contribution in [2.24, 2.45) is 0 Å². The van der Waals surface area contributed by atoms with Gasteiger partial charge >= 0.3 is 0 Å². The molecule has 0 saturated heterocycles. The highest BCUT2D eigenvalue weighted by Crippen LogP contribution is 2.20. The van der Waals surface area contributed by atoms with Gasteiger partial charge in [0.25, 0.3) is 0 Å². The van der Waals surface area contributed by atoms with E-state index < -0.39 is 0 Å². The van der Waals surface area contributed by atoms with Crippen molar-refractivity contribution in [3.05, 3.63) is 11.3 Å². The zero-order valence-electron chi connectivity index (χ0n) is 10.8. The maximum absolute atomic E-state index is 6.01. The highest BCUT2D eigenvalue weighted by Gasteiger charge is 2.17. The van der Waals surface area contributed by atoms with E-state index in [0.717, 1.165) is 37.2 Å². The van der Waals surface area contributed by atoms with Gasteiger partial charge in [-0.25, -0.2) is 4.98 Å². The Hall–Kier alpha value is -1.36. The molecule has 5 nitrogen and oxygen atoms in total. The Morgan fingerprint density at radius 1 is 1.18 bits per heavy atom. The fourth-order valence-corrected chi connectivity index (χ4v) is 1.97. The van der Waals surface area contributed by atoms with Gasteiger partial charge in [-0.15, -0.1) is 0 Å². The van der Waals surface area contributed by atoms with Gasteiger partial charge in [-0.1, -0.05) is 0 Å². The maximum atomic E-state index is 6.01. The first-order chi connectivity index (χ1) is 7.96. The molecule has 0 unspecified atom stereocenters. The first-order valence-electron chi connectivity index (χ1n) is 6.10. The summed E-state index contributed by atoms with van der Waals surface area (Å²) in [6.07, 6.45) is 1.83. The molecular formula is C12H21N5. The van der Waals surface area contributed by atoms with E-state index in [1.807, 2.05) is 0 Å². The monoisotopic (exact) mass is 235 g/mol. The van der Waals surface area contributed by atoms with E-state index in [4.69, 9.17) is 5.73 Å². The van der Waals surface area contributed by atoms with Crippen LogP contribution in [0.2, 0.25) is 0 Å². The summed E-state index contributed by atoms with van der Waals surface area (Å²) in [6, 6.07) is 0. The quantitative estimate of drug-likeness (QED) is 0.676. The summed E-state index contributed by atoms with van der Waals surface area (Å²) in [4.78, 5) is 8.92. The first-order valence-corrected chi connectivity index (χ1v) is 6.10. The van der Waals surface area contributed by atoms with E-state index in [-0.39, 0.29) is 5.54 Å². The second-order valence-electron chi connectivity index (χ2n) is 5.48. The third-order valence-corrected chi connectivity index (χ3v) is 2.70.